The van der Waals surface area contributed by atoms with Crippen molar-refractivity contribution in [1.29, 1.82) is 0 Å². The number of hydrogen-bond donors (Lipinski definition) is 0. The first-order chi connectivity index (χ1) is 17.1. The molecule has 2 aliphatic carbocycles. The lowest BCUT2D eigenvalue weighted by atomic mass is 10.0. The van der Waals surface area contributed by atoms with E-state index in [1.165, 1.54) is 24.8 Å². The Morgan fingerprint density at radius 1 is 1.23 bits per heavy atom. The van der Waals surface area contributed by atoms with Gasteiger partial charge in [0.15, 0.2) is 11.5 Å². The molecule has 3 heterocycles. The number of aliphatic imine (C=N–C) groups is 1. The highest BCUT2D eigenvalue weighted by Crippen LogP contribution is 2.39. The van der Waals surface area contributed by atoms with Crippen LogP contribution in [0.1, 0.15) is 61.8 Å². The second-order valence-electron chi connectivity index (χ2n) is 9.60. The molecule has 2 aliphatic heterocycles. The molecular formula is C29H33N5O. The summed E-state index contributed by atoms with van der Waals surface area (Å²) in [6.07, 6.45) is 28.9. The maximum Gasteiger partial charge on any atom is 0.280 e. The van der Waals surface area contributed by atoms with Gasteiger partial charge in [-0.25, -0.2) is 9.98 Å². The monoisotopic (exact) mass is 467 g/mol. The molecule has 6 heteroatoms. The zero-order valence-electron chi connectivity index (χ0n) is 20.7. The van der Waals surface area contributed by atoms with Gasteiger partial charge in [0.1, 0.15) is 5.82 Å². The number of aromatic nitrogens is 2. The lowest BCUT2D eigenvalue weighted by molar-refractivity contribution is 0.0854. The summed E-state index contributed by atoms with van der Waals surface area (Å²) in [5.74, 6) is 4.95. The molecule has 4 aliphatic rings. The zero-order chi connectivity index (χ0) is 24.4. The van der Waals surface area contributed by atoms with Gasteiger partial charge in [0, 0.05) is 20.0 Å². The van der Waals surface area contributed by atoms with E-state index in [9.17, 15) is 4.79 Å². The highest BCUT2D eigenvalue weighted by atomic mass is 16.2. The minimum atomic E-state index is -0.0355. The number of carbonyl (C=O) groups excluding carboxylic acids is 1. The van der Waals surface area contributed by atoms with E-state index >= 15 is 0 Å². The first kappa shape index (κ1) is 23.2. The Hall–Kier alpha value is -3.59. The molecule has 35 heavy (non-hydrogen) atoms. The third-order valence-electron chi connectivity index (χ3n) is 7.39. The van der Waals surface area contributed by atoms with E-state index in [2.05, 4.69) is 45.8 Å². The summed E-state index contributed by atoms with van der Waals surface area (Å²) in [6.45, 7) is 2.63. The fraction of sp³-hybridized carbons (Fsp3) is 0.414. The molecule has 1 aromatic heterocycles. The molecule has 1 amide bonds. The minimum absolute atomic E-state index is 0.0355. The number of carbonyl (C=O) groups is 1. The first-order valence-corrected chi connectivity index (χ1v) is 12.7. The normalized spacial score (nSPS) is 23.9. The molecule has 0 aromatic carbocycles. The second kappa shape index (κ2) is 9.95. The van der Waals surface area contributed by atoms with Crippen LogP contribution in [0.15, 0.2) is 64.7 Å². The van der Waals surface area contributed by atoms with Crippen LogP contribution in [0.4, 0.5) is 5.82 Å². The fourth-order valence-electron chi connectivity index (χ4n) is 5.54. The van der Waals surface area contributed by atoms with Crippen molar-refractivity contribution in [2.45, 2.75) is 70.5 Å². The number of guanidine groups is 1. The Bertz CT molecular complexity index is 1230. The molecule has 5 rings (SSSR count). The van der Waals surface area contributed by atoms with Gasteiger partial charge in [-0.05, 0) is 43.4 Å². The molecule has 2 unspecified atom stereocenters. The number of anilines is 1. The largest absolute Gasteiger partial charge is 0.318 e. The number of hydrogen-bond acceptors (Lipinski definition) is 4. The molecule has 0 bridgehead atoms. The summed E-state index contributed by atoms with van der Waals surface area (Å²) in [6, 6.07) is 0.496. The predicted molar refractivity (Wildman–Crippen MR) is 141 cm³/mol. The van der Waals surface area contributed by atoms with E-state index in [-0.39, 0.29) is 18.0 Å². The summed E-state index contributed by atoms with van der Waals surface area (Å²) in [4.78, 5) is 27.9. The van der Waals surface area contributed by atoms with Crippen molar-refractivity contribution in [1.82, 2.24) is 14.5 Å². The van der Waals surface area contributed by atoms with Crippen LogP contribution >= 0.6 is 0 Å². The smallest absolute Gasteiger partial charge is 0.280 e. The van der Waals surface area contributed by atoms with E-state index in [1.807, 2.05) is 26.1 Å². The molecule has 6 nitrogen and oxygen atoms in total. The summed E-state index contributed by atoms with van der Waals surface area (Å²) in [5.41, 5.74) is 2.98. The van der Waals surface area contributed by atoms with Crippen molar-refractivity contribution in [3.05, 3.63) is 71.3 Å². The van der Waals surface area contributed by atoms with Gasteiger partial charge in [-0.15, -0.1) is 6.42 Å². The Balaban J connectivity index is 1.62. The summed E-state index contributed by atoms with van der Waals surface area (Å²) in [7, 11) is 1.85. The van der Waals surface area contributed by atoms with E-state index in [1.54, 1.807) is 11.0 Å². The van der Waals surface area contributed by atoms with Crippen molar-refractivity contribution in [3.63, 3.8) is 0 Å². The van der Waals surface area contributed by atoms with Crippen LogP contribution < -0.4 is 4.90 Å². The molecule has 0 radical (unpaired) electrons. The van der Waals surface area contributed by atoms with E-state index < -0.39 is 0 Å². The number of imidazole rings is 1. The second-order valence-corrected chi connectivity index (χ2v) is 9.60. The Morgan fingerprint density at radius 2 is 2.09 bits per heavy atom. The van der Waals surface area contributed by atoms with E-state index in [0.717, 1.165) is 42.4 Å². The van der Waals surface area contributed by atoms with Gasteiger partial charge in [0.2, 0.25) is 5.96 Å². The summed E-state index contributed by atoms with van der Waals surface area (Å²) >= 11 is 0. The van der Waals surface area contributed by atoms with Crippen LogP contribution in [0, 0.1) is 12.3 Å². The van der Waals surface area contributed by atoms with Crippen LogP contribution in [0.2, 0.25) is 0 Å². The van der Waals surface area contributed by atoms with Gasteiger partial charge < -0.3 is 4.57 Å². The number of nitrogens with zero attached hydrogens (tertiary/aromatic N) is 5. The van der Waals surface area contributed by atoms with Crippen molar-refractivity contribution >= 4 is 17.7 Å². The standard InChI is InChI=1S/C29H33N5O/c1-4-6-14-21(5-2)19-25-31-27-26(33(25)20-22-15-10-7-8-11-16-22)28(35)32(3)29-30-23-17-12-9-13-18-24(23)34(27)29/h1,5-8,10-11,14-15,23-24H,9,12-13,16-20H2,2-3H3. The van der Waals surface area contributed by atoms with Crippen molar-refractivity contribution in [2.24, 2.45) is 4.99 Å². The van der Waals surface area contributed by atoms with Gasteiger partial charge in [-0.3, -0.25) is 14.6 Å². The topological polar surface area (TPSA) is 53.7 Å². The van der Waals surface area contributed by atoms with Gasteiger partial charge in [0.05, 0.1) is 12.1 Å². The summed E-state index contributed by atoms with van der Waals surface area (Å²) in [5, 5.41) is 0. The highest BCUT2D eigenvalue weighted by molar-refractivity contribution is 6.18. The lowest BCUT2D eigenvalue weighted by Gasteiger charge is -2.35. The number of allylic oxidation sites excluding steroid dienone is 10. The SMILES string of the molecule is C#CC=CC(=CC)Cc1nc2c(n1CC1=CC=CC=CC1)C(=O)N(C)C1=NC3CCCCCC3N12. The lowest BCUT2D eigenvalue weighted by Crippen LogP contribution is -2.52. The Labute approximate surface area is 208 Å². The molecule has 1 saturated carbocycles. The first-order valence-electron chi connectivity index (χ1n) is 12.7. The maximum atomic E-state index is 13.8. The molecular weight excluding hydrogens is 434 g/mol. The molecule has 2 atom stereocenters. The number of rotatable bonds is 5. The predicted octanol–water partition coefficient (Wildman–Crippen LogP) is 4.97. The molecule has 1 fully saturated rings. The fourth-order valence-corrected chi connectivity index (χ4v) is 5.54. The van der Waals surface area contributed by atoms with E-state index in [4.69, 9.17) is 16.4 Å². The van der Waals surface area contributed by atoms with E-state index in [0.29, 0.717) is 18.7 Å². The third-order valence-corrected chi connectivity index (χ3v) is 7.39. The van der Waals surface area contributed by atoms with Crippen LogP contribution in [-0.2, 0) is 13.0 Å². The average molecular weight is 468 g/mol. The quantitative estimate of drug-likeness (QED) is 0.454. The van der Waals surface area contributed by atoms with Gasteiger partial charge in [-0.1, -0.05) is 67.7 Å². The molecule has 0 N–H and O–H groups in total. The zero-order valence-corrected chi connectivity index (χ0v) is 20.7. The van der Waals surface area contributed by atoms with Gasteiger partial charge >= 0.3 is 0 Å². The van der Waals surface area contributed by atoms with Crippen LogP contribution in [0.3, 0.4) is 0 Å². The minimum Gasteiger partial charge on any atom is -0.318 e. The van der Waals surface area contributed by atoms with Crippen LogP contribution in [0.25, 0.3) is 0 Å². The molecule has 0 saturated heterocycles. The molecule has 1 aromatic rings. The van der Waals surface area contributed by atoms with Crippen molar-refractivity contribution in [3.8, 4) is 12.3 Å². The van der Waals surface area contributed by atoms with Gasteiger partial charge in [0.25, 0.3) is 5.91 Å². The van der Waals surface area contributed by atoms with Crippen LogP contribution in [0.5, 0.6) is 0 Å². The molecule has 0 spiro atoms. The van der Waals surface area contributed by atoms with Crippen molar-refractivity contribution < 1.29 is 4.79 Å². The van der Waals surface area contributed by atoms with Crippen molar-refractivity contribution in [2.75, 3.05) is 11.9 Å². The molecule has 180 valence electrons. The maximum absolute atomic E-state index is 13.8. The number of amides is 1. The Morgan fingerprint density at radius 3 is 2.91 bits per heavy atom. The van der Waals surface area contributed by atoms with Gasteiger partial charge in [-0.2, -0.15) is 0 Å². The van der Waals surface area contributed by atoms with Crippen LogP contribution in [-0.4, -0.2) is 45.4 Å². The number of terminal acetylenes is 1. The third kappa shape index (κ3) is 4.32. The average Bonchev–Trinajstić information content (AvgIpc) is 3.14. The Kier molecular flexibility index (Phi) is 6.59. The summed E-state index contributed by atoms with van der Waals surface area (Å²) < 4.78 is 2.13. The highest BCUT2D eigenvalue weighted by Gasteiger charge is 2.47. The number of fused-ring (bicyclic) bond motifs is 5.